The van der Waals surface area contributed by atoms with Crippen LogP contribution in [0.5, 0.6) is 5.88 Å². The SMILES string of the molecule is Cc1cc(COc2n[nH]c3c2CCN(C(=O)c2ccc(S(N)(=O)=O)cc2)CC3)c(C(C)(C)C)cc1Cl. The second-order valence-corrected chi connectivity index (χ2v) is 12.1. The lowest BCUT2D eigenvalue weighted by Gasteiger charge is -2.24. The number of nitrogens with two attached hydrogens (primary N) is 1. The van der Waals surface area contributed by atoms with Gasteiger partial charge in [-0.2, -0.15) is 0 Å². The first-order chi connectivity index (χ1) is 16.8. The first kappa shape index (κ1) is 26.2. The van der Waals surface area contributed by atoms with Gasteiger partial charge in [0, 0.05) is 41.4 Å². The van der Waals surface area contributed by atoms with E-state index in [-0.39, 0.29) is 16.2 Å². The van der Waals surface area contributed by atoms with Crippen molar-refractivity contribution in [1.82, 2.24) is 15.1 Å². The fraction of sp³-hybridized carbons (Fsp3) is 0.385. The third-order valence-corrected chi connectivity index (χ3v) is 7.79. The summed E-state index contributed by atoms with van der Waals surface area (Å²) in [6.45, 7) is 9.78. The molecule has 2 heterocycles. The number of aryl methyl sites for hydroxylation is 1. The molecule has 3 aromatic rings. The van der Waals surface area contributed by atoms with Crippen LogP contribution >= 0.6 is 11.6 Å². The average Bonchev–Trinajstić information content (AvgIpc) is 3.07. The minimum Gasteiger partial charge on any atom is -0.472 e. The van der Waals surface area contributed by atoms with E-state index in [9.17, 15) is 13.2 Å². The molecule has 1 aliphatic rings. The van der Waals surface area contributed by atoms with Crippen LogP contribution in [0.15, 0.2) is 41.3 Å². The largest absolute Gasteiger partial charge is 0.472 e. The molecule has 1 aromatic heterocycles. The van der Waals surface area contributed by atoms with Crippen LogP contribution in [-0.2, 0) is 34.9 Å². The molecular weight excluding hydrogens is 500 g/mol. The Labute approximate surface area is 216 Å². The Kier molecular flexibility index (Phi) is 7.19. The highest BCUT2D eigenvalue weighted by Crippen LogP contribution is 2.32. The van der Waals surface area contributed by atoms with Crippen LogP contribution in [-0.4, -0.2) is 42.5 Å². The number of nitrogens with one attached hydrogen (secondary N) is 1. The van der Waals surface area contributed by atoms with E-state index in [1.807, 2.05) is 13.0 Å². The quantitative estimate of drug-likeness (QED) is 0.514. The molecule has 1 amide bonds. The molecule has 192 valence electrons. The van der Waals surface area contributed by atoms with E-state index in [4.69, 9.17) is 21.5 Å². The predicted molar refractivity (Wildman–Crippen MR) is 139 cm³/mol. The number of H-pyrrole nitrogens is 1. The van der Waals surface area contributed by atoms with Gasteiger partial charge in [0.2, 0.25) is 15.9 Å². The molecule has 1 aliphatic heterocycles. The molecule has 3 N–H and O–H groups in total. The van der Waals surface area contributed by atoms with E-state index >= 15 is 0 Å². The highest BCUT2D eigenvalue weighted by Gasteiger charge is 2.25. The van der Waals surface area contributed by atoms with E-state index in [1.165, 1.54) is 24.3 Å². The van der Waals surface area contributed by atoms with Crippen molar-refractivity contribution in [3.63, 3.8) is 0 Å². The summed E-state index contributed by atoms with van der Waals surface area (Å²) in [5.41, 5.74) is 5.43. The molecule has 0 saturated heterocycles. The first-order valence-electron chi connectivity index (χ1n) is 11.7. The van der Waals surface area contributed by atoms with Crippen LogP contribution in [0.25, 0.3) is 0 Å². The molecule has 0 unspecified atom stereocenters. The number of primary sulfonamides is 1. The second-order valence-electron chi connectivity index (χ2n) is 10.1. The number of ether oxygens (including phenoxy) is 1. The maximum atomic E-state index is 13.1. The number of carbonyl (C=O) groups excluding carboxylic acids is 1. The lowest BCUT2D eigenvalue weighted by atomic mass is 9.83. The maximum absolute atomic E-state index is 13.1. The van der Waals surface area contributed by atoms with E-state index < -0.39 is 10.0 Å². The fourth-order valence-corrected chi connectivity index (χ4v) is 5.13. The van der Waals surface area contributed by atoms with E-state index in [1.54, 1.807) is 4.90 Å². The summed E-state index contributed by atoms with van der Waals surface area (Å²) in [5.74, 6) is 0.382. The topological polar surface area (TPSA) is 118 Å². The Bertz CT molecular complexity index is 1390. The van der Waals surface area contributed by atoms with Crippen molar-refractivity contribution >= 4 is 27.5 Å². The summed E-state index contributed by atoms with van der Waals surface area (Å²) < 4.78 is 29.2. The Morgan fingerprint density at radius 2 is 1.83 bits per heavy atom. The maximum Gasteiger partial charge on any atom is 0.253 e. The van der Waals surface area contributed by atoms with E-state index in [0.717, 1.165) is 33.0 Å². The Morgan fingerprint density at radius 1 is 1.17 bits per heavy atom. The van der Waals surface area contributed by atoms with Crippen molar-refractivity contribution < 1.29 is 17.9 Å². The first-order valence-corrected chi connectivity index (χ1v) is 13.7. The van der Waals surface area contributed by atoms with Crippen LogP contribution < -0.4 is 9.88 Å². The lowest BCUT2D eigenvalue weighted by Crippen LogP contribution is -2.33. The second kappa shape index (κ2) is 9.88. The molecule has 2 aromatic carbocycles. The standard InChI is InChI=1S/C26H31ClN4O4S/c1-16-13-18(21(14-22(16)27)26(2,3)4)15-35-24-20-9-11-31(12-10-23(20)29-30-24)25(32)17-5-7-19(8-6-17)36(28,33)34/h5-8,13-14H,9-12,15H2,1-4H3,(H,29,30)(H2,28,33,34). The molecule has 0 saturated carbocycles. The summed E-state index contributed by atoms with van der Waals surface area (Å²) in [7, 11) is -3.81. The zero-order valence-corrected chi connectivity index (χ0v) is 22.5. The third-order valence-electron chi connectivity index (χ3n) is 6.45. The number of nitrogens with zero attached hydrogens (tertiary/aromatic N) is 2. The summed E-state index contributed by atoms with van der Waals surface area (Å²) in [6.07, 6.45) is 1.20. The Hall–Kier alpha value is -2.88. The molecule has 0 radical (unpaired) electrons. The number of aromatic amines is 1. The molecule has 36 heavy (non-hydrogen) atoms. The number of fused-ring (bicyclic) bond motifs is 1. The van der Waals surface area contributed by atoms with Gasteiger partial charge in [-0.3, -0.25) is 9.89 Å². The van der Waals surface area contributed by atoms with Crippen LogP contribution in [0.3, 0.4) is 0 Å². The number of hydrogen-bond donors (Lipinski definition) is 2. The molecule has 4 rings (SSSR count). The van der Waals surface area contributed by atoms with Gasteiger partial charge >= 0.3 is 0 Å². The molecule has 0 bridgehead atoms. The van der Waals surface area contributed by atoms with Gasteiger partial charge in [0.05, 0.1) is 4.90 Å². The highest BCUT2D eigenvalue weighted by atomic mass is 35.5. The van der Waals surface area contributed by atoms with Gasteiger partial charge in [-0.1, -0.05) is 38.4 Å². The third kappa shape index (κ3) is 5.58. The van der Waals surface area contributed by atoms with E-state index in [2.05, 4.69) is 37.0 Å². The zero-order chi connectivity index (χ0) is 26.3. The zero-order valence-electron chi connectivity index (χ0n) is 20.9. The summed E-state index contributed by atoms with van der Waals surface area (Å²) in [4.78, 5) is 14.8. The van der Waals surface area contributed by atoms with Gasteiger partial charge in [-0.25, -0.2) is 13.6 Å². The summed E-state index contributed by atoms with van der Waals surface area (Å²) in [5, 5.41) is 13.4. The van der Waals surface area contributed by atoms with Crippen LogP contribution in [0, 0.1) is 6.92 Å². The number of sulfonamides is 1. The number of halogens is 1. The van der Waals surface area contributed by atoms with Gasteiger partial charge < -0.3 is 9.64 Å². The van der Waals surface area contributed by atoms with Crippen molar-refractivity contribution in [3.8, 4) is 5.88 Å². The summed E-state index contributed by atoms with van der Waals surface area (Å²) >= 11 is 6.39. The van der Waals surface area contributed by atoms with Crippen LogP contribution in [0.1, 0.15) is 59.1 Å². The molecule has 0 spiro atoms. The molecule has 0 fully saturated rings. The van der Waals surface area contributed by atoms with Crippen molar-refractivity contribution in [1.29, 1.82) is 0 Å². The number of carbonyl (C=O) groups is 1. The van der Waals surface area contributed by atoms with Gasteiger partial charge in [0.15, 0.2) is 0 Å². The van der Waals surface area contributed by atoms with Crippen molar-refractivity contribution in [3.05, 3.63) is 74.9 Å². The normalized spacial score (nSPS) is 14.3. The monoisotopic (exact) mass is 530 g/mol. The van der Waals surface area contributed by atoms with Gasteiger partial charge in [0.1, 0.15) is 6.61 Å². The minimum absolute atomic E-state index is 0.0248. The van der Waals surface area contributed by atoms with Gasteiger partial charge in [-0.15, -0.1) is 5.10 Å². The molecule has 0 atom stereocenters. The minimum atomic E-state index is -3.81. The van der Waals surface area contributed by atoms with Crippen molar-refractivity contribution in [2.45, 2.75) is 57.5 Å². The van der Waals surface area contributed by atoms with Crippen molar-refractivity contribution in [2.24, 2.45) is 5.14 Å². The Balaban J connectivity index is 1.47. The van der Waals surface area contributed by atoms with Crippen molar-refractivity contribution in [2.75, 3.05) is 13.1 Å². The lowest BCUT2D eigenvalue weighted by molar-refractivity contribution is 0.0762. The number of hydrogen-bond acceptors (Lipinski definition) is 5. The predicted octanol–water partition coefficient (Wildman–Crippen LogP) is 4.14. The average molecular weight is 531 g/mol. The Morgan fingerprint density at radius 3 is 2.47 bits per heavy atom. The van der Waals surface area contributed by atoms with Crippen LogP contribution in [0.2, 0.25) is 5.02 Å². The molecule has 10 heteroatoms. The molecule has 8 nitrogen and oxygen atoms in total. The highest BCUT2D eigenvalue weighted by molar-refractivity contribution is 7.89. The van der Waals surface area contributed by atoms with Crippen LogP contribution in [0.4, 0.5) is 0 Å². The smallest absolute Gasteiger partial charge is 0.253 e. The number of aromatic nitrogens is 2. The number of amides is 1. The fourth-order valence-electron chi connectivity index (χ4n) is 4.45. The van der Waals surface area contributed by atoms with Gasteiger partial charge in [-0.05, 0) is 65.8 Å². The van der Waals surface area contributed by atoms with Gasteiger partial charge in [0.25, 0.3) is 5.91 Å². The number of rotatable bonds is 5. The number of benzene rings is 2. The summed E-state index contributed by atoms with van der Waals surface area (Å²) in [6, 6.07) is 9.76. The molecule has 0 aliphatic carbocycles. The molecular formula is C26H31ClN4O4S. The van der Waals surface area contributed by atoms with E-state index in [0.29, 0.717) is 44.0 Å².